The summed E-state index contributed by atoms with van der Waals surface area (Å²) >= 11 is 1.63. The average molecular weight is 189 g/mol. The van der Waals surface area contributed by atoms with Crippen molar-refractivity contribution in [1.29, 1.82) is 0 Å². The molecule has 0 radical (unpaired) electrons. The molecule has 0 aliphatic carbocycles. The normalized spacial score (nSPS) is 14.2. The average Bonchev–Trinajstić information content (AvgIpc) is 2.65. The van der Waals surface area contributed by atoms with E-state index in [1.54, 1.807) is 17.6 Å². The summed E-state index contributed by atoms with van der Waals surface area (Å²) in [7, 11) is 0. The fourth-order valence-corrected chi connectivity index (χ4v) is 2.33. The molecule has 0 fully saturated rings. The molecule has 2 nitrogen and oxygen atoms in total. The summed E-state index contributed by atoms with van der Waals surface area (Å²) in [4.78, 5) is 4.24. The third-order valence-electron chi connectivity index (χ3n) is 2.16. The molecule has 3 heteroatoms. The van der Waals surface area contributed by atoms with Gasteiger partial charge in [-0.15, -0.1) is 11.3 Å². The molecular weight excluding hydrogens is 182 g/mol. The highest BCUT2D eigenvalue weighted by Crippen LogP contribution is 2.34. The van der Waals surface area contributed by atoms with E-state index in [9.17, 15) is 0 Å². The Balaban J connectivity index is 2.38. The fraction of sp³-hybridized carbons (Fsp3) is 0.100. The van der Waals surface area contributed by atoms with E-state index in [4.69, 9.17) is 4.74 Å². The molecule has 0 atom stereocenters. The smallest absolute Gasteiger partial charge is 0.149 e. The van der Waals surface area contributed by atoms with E-state index < -0.39 is 0 Å². The minimum Gasteiger partial charge on any atom is -0.463 e. The van der Waals surface area contributed by atoms with Crippen LogP contribution in [0.1, 0.15) is 5.56 Å². The lowest BCUT2D eigenvalue weighted by molar-refractivity contribution is 0.471. The van der Waals surface area contributed by atoms with Gasteiger partial charge >= 0.3 is 0 Å². The van der Waals surface area contributed by atoms with E-state index in [0.717, 1.165) is 22.4 Å². The van der Waals surface area contributed by atoms with Gasteiger partial charge in [0.2, 0.25) is 0 Å². The third-order valence-corrected chi connectivity index (χ3v) is 3.00. The second kappa shape index (κ2) is 2.57. The van der Waals surface area contributed by atoms with Crippen LogP contribution in [0, 0.1) is 0 Å². The number of nitrogens with zero attached hydrogens (tertiary/aromatic N) is 1. The summed E-state index contributed by atoms with van der Waals surface area (Å²) in [5, 5.41) is 0. The van der Waals surface area contributed by atoms with Gasteiger partial charge in [0.15, 0.2) is 0 Å². The maximum Gasteiger partial charge on any atom is 0.149 e. The first kappa shape index (κ1) is 7.09. The molecule has 2 aromatic rings. The van der Waals surface area contributed by atoms with Gasteiger partial charge < -0.3 is 4.74 Å². The molecule has 1 aliphatic rings. The molecule has 64 valence electrons. The first-order valence-electron chi connectivity index (χ1n) is 4.12. The molecule has 1 aliphatic heterocycles. The Bertz CT molecular complexity index is 487. The molecule has 3 rings (SSSR count). The molecule has 1 aromatic heterocycles. The van der Waals surface area contributed by atoms with Crippen LogP contribution in [0.3, 0.4) is 0 Å². The summed E-state index contributed by atoms with van der Waals surface area (Å²) in [5.74, 6) is 0.988. The number of ether oxygens (including phenoxy) is 1. The second-order valence-corrected chi connectivity index (χ2v) is 3.80. The van der Waals surface area contributed by atoms with Gasteiger partial charge in [-0.25, -0.2) is 4.98 Å². The number of thiazole rings is 1. The molecule has 1 aromatic carbocycles. The van der Waals surface area contributed by atoms with E-state index in [0.29, 0.717) is 0 Å². The predicted molar refractivity (Wildman–Crippen MR) is 53.1 cm³/mol. The molecule has 0 N–H and O–H groups in total. The topological polar surface area (TPSA) is 22.1 Å². The molecule has 2 heterocycles. The van der Waals surface area contributed by atoms with Gasteiger partial charge in [0, 0.05) is 5.56 Å². The SMILES string of the molecule is C1=COc2c(ccc3ncsc23)C1. The lowest BCUT2D eigenvalue weighted by Gasteiger charge is -2.11. The number of allylic oxidation sites excluding steroid dienone is 1. The van der Waals surface area contributed by atoms with Gasteiger partial charge in [-0.05, 0) is 18.6 Å². The Morgan fingerprint density at radius 1 is 1.38 bits per heavy atom. The van der Waals surface area contributed by atoms with E-state index in [-0.39, 0.29) is 0 Å². The van der Waals surface area contributed by atoms with Crippen LogP contribution in [0.2, 0.25) is 0 Å². The summed E-state index contributed by atoms with van der Waals surface area (Å²) < 4.78 is 6.64. The van der Waals surface area contributed by atoms with Gasteiger partial charge in [-0.1, -0.05) is 6.07 Å². The minimum absolute atomic E-state index is 0.961. The highest BCUT2D eigenvalue weighted by atomic mass is 32.1. The van der Waals surface area contributed by atoms with Crippen molar-refractivity contribution in [1.82, 2.24) is 4.98 Å². The van der Waals surface area contributed by atoms with Crippen molar-refractivity contribution < 1.29 is 4.74 Å². The van der Waals surface area contributed by atoms with Gasteiger partial charge in [-0.2, -0.15) is 0 Å². The van der Waals surface area contributed by atoms with Crippen LogP contribution in [0.4, 0.5) is 0 Å². The first-order valence-corrected chi connectivity index (χ1v) is 5.00. The lowest BCUT2D eigenvalue weighted by Crippen LogP contribution is -1.95. The highest BCUT2D eigenvalue weighted by molar-refractivity contribution is 7.17. The quantitative estimate of drug-likeness (QED) is 0.635. The summed E-state index contributed by atoms with van der Waals surface area (Å²) in [6.45, 7) is 0. The second-order valence-electron chi connectivity index (χ2n) is 2.95. The Hall–Kier alpha value is -1.35. The van der Waals surface area contributed by atoms with Crippen molar-refractivity contribution in [2.24, 2.45) is 0 Å². The zero-order valence-corrected chi connectivity index (χ0v) is 7.67. The number of hydrogen-bond acceptors (Lipinski definition) is 3. The van der Waals surface area contributed by atoms with Crippen LogP contribution in [0.5, 0.6) is 5.75 Å². The maximum atomic E-state index is 5.48. The summed E-state index contributed by atoms with van der Waals surface area (Å²) in [5.41, 5.74) is 4.13. The fourth-order valence-electron chi connectivity index (χ4n) is 1.53. The first-order chi connectivity index (χ1) is 6.45. The van der Waals surface area contributed by atoms with Crippen molar-refractivity contribution in [3.63, 3.8) is 0 Å². The Morgan fingerprint density at radius 2 is 2.38 bits per heavy atom. The predicted octanol–water partition coefficient (Wildman–Crippen LogP) is 2.74. The van der Waals surface area contributed by atoms with E-state index in [1.807, 2.05) is 17.7 Å². The molecule has 0 unspecified atom stereocenters. The monoisotopic (exact) mass is 189 g/mol. The van der Waals surface area contributed by atoms with Crippen LogP contribution in [0.25, 0.3) is 10.2 Å². The van der Waals surface area contributed by atoms with Crippen molar-refractivity contribution >= 4 is 21.6 Å². The summed E-state index contributed by atoms with van der Waals surface area (Å²) in [6.07, 6.45) is 4.74. The van der Waals surface area contributed by atoms with Crippen molar-refractivity contribution in [2.45, 2.75) is 6.42 Å². The molecule has 13 heavy (non-hydrogen) atoms. The standard InChI is InChI=1S/C10H7NOS/c1-2-7-3-4-8-10(13-6-11-8)9(7)12-5-1/h1,3-6H,2H2. The Labute approximate surface area is 79.5 Å². The Morgan fingerprint density at radius 3 is 3.38 bits per heavy atom. The van der Waals surface area contributed by atoms with Crippen LogP contribution in [-0.2, 0) is 6.42 Å². The van der Waals surface area contributed by atoms with Crippen molar-refractivity contribution in [3.8, 4) is 5.75 Å². The van der Waals surface area contributed by atoms with Gasteiger partial charge in [0.25, 0.3) is 0 Å². The summed E-state index contributed by atoms with van der Waals surface area (Å²) in [6, 6.07) is 4.13. The van der Waals surface area contributed by atoms with E-state index in [1.165, 1.54) is 5.56 Å². The van der Waals surface area contributed by atoms with E-state index in [2.05, 4.69) is 11.1 Å². The molecular formula is C10H7NOS. The van der Waals surface area contributed by atoms with Gasteiger partial charge in [0.05, 0.1) is 22.0 Å². The number of benzene rings is 1. The van der Waals surface area contributed by atoms with Gasteiger partial charge in [0.1, 0.15) is 5.75 Å². The van der Waals surface area contributed by atoms with Crippen LogP contribution < -0.4 is 4.74 Å². The van der Waals surface area contributed by atoms with Crippen LogP contribution in [0.15, 0.2) is 30.0 Å². The van der Waals surface area contributed by atoms with Crippen molar-refractivity contribution in [2.75, 3.05) is 0 Å². The number of hydrogen-bond donors (Lipinski definition) is 0. The molecule has 0 bridgehead atoms. The largest absolute Gasteiger partial charge is 0.463 e. The van der Waals surface area contributed by atoms with Crippen molar-refractivity contribution in [3.05, 3.63) is 35.5 Å². The Kier molecular flexibility index (Phi) is 1.40. The molecule has 0 spiro atoms. The number of rotatable bonds is 0. The third kappa shape index (κ3) is 0.971. The highest BCUT2D eigenvalue weighted by Gasteiger charge is 2.11. The van der Waals surface area contributed by atoms with Crippen LogP contribution in [-0.4, -0.2) is 4.98 Å². The zero-order chi connectivity index (χ0) is 8.67. The minimum atomic E-state index is 0.961. The van der Waals surface area contributed by atoms with Gasteiger partial charge in [-0.3, -0.25) is 0 Å². The lowest BCUT2D eigenvalue weighted by atomic mass is 10.1. The molecule has 0 saturated heterocycles. The number of aromatic nitrogens is 1. The molecule has 0 saturated carbocycles. The zero-order valence-electron chi connectivity index (χ0n) is 6.86. The number of fused-ring (bicyclic) bond motifs is 3. The van der Waals surface area contributed by atoms with E-state index >= 15 is 0 Å². The maximum absolute atomic E-state index is 5.48. The van der Waals surface area contributed by atoms with Crippen LogP contribution >= 0.6 is 11.3 Å². The molecule has 0 amide bonds.